The summed E-state index contributed by atoms with van der Waals surface area (Å²) in [5.74, 6) is -0.179. The highest BCUT2D eigenvalue weighted by atomic mass is 32.1. The van der Waals surface area contributed by atoms with Crippen molar-refractivity contribution in [1.29, 1.82) is 0 Å². The highest BCUT2D eigenvalue weighted by Crippen LogP contribution is 2.20. The molecule has 0 unspecified atom stereocenters. The summed E-state index contributed by atoms with van der Waals surface area (Å²) in [4.78, 5) is 1.30. The van der Waals surface area contributed by atoms with Crippen LogP contribution in [-0.2, 0) is 24.3 Å². The summed E-state index contributed by atoms with van der Waals surface area (Å²) in [6.45, 7) is 1.78. The first-order valence-electron chi connectivity index (χ1n) is 7.42. The van der Waals surface area contributed by atoms with Crippen LogP contribution in [0.2, 0.25) is 0 Å². The van der Waals surface area contributed by atoms with Crippen LogP contribution in [0, 0.1) is 5.82 Å². The lowest BCUT2D eigenvalue weighted by Gasteiger charge is -2.08. The monoisotopic (exact) mass is 305 g/mol. The molecule has 1 aromatic heterocycles. The summed E-state index contributed by atoms with van der Waals surface area (Å²) < 4.78 is 19.4. The molecular formula is C17H20FNOS. The number of benzene rings is 1. The molecule has 4 heteroatoms. The Hall–Kier alpha value is -1.23. The molecule has 112 valence electrons. The van der Waals surface area contributed by atoms with Gasteiger partial charge in [-0.2, -0.15) is 0 Å². The molecule has 2 nitrogen and oxygen atoms in total. The van der Waals surface area contributed by atoms with E-state index >= 15 is 0 Å². The van der Waals surface area contributed by atoms with E-state index in [-0.39, 0.29) is 5.82 Å². The van der Waals surface area contributed by atoms with E-state index in [0.717, 1.165) is 18.5 Å². The Morgan fingerprint density at radius 1 is 1.29 bits per heavy atom. The van der Waals surface area contributed by atoms with Crippen molar-refractivity contribution in [2.24, 2.45) is 0 Å². The van der Waals surface area contributed by atoms with E-state index < -0.39 is 0 Å². The minimum Gasteiger partial charge on any atom is -0.376 e. The van der Waals surface area contributed by atoms with Crippen LogP contribution in [0.15, 0.2) is 35.7 Å². The summed E-state index contributed by atoms with van der Waals surface area (Å²) >= 11 is 1.73. The van der Waals surface area contributed by atoms with E-state index in [1.54, 1.807) is 17.4 Å². The first kappa shape index (κ1) is 14.7. The van der Waals surface area contributed by atoms with Crippen LogP contribution in [0.4, 0.5) is 4.39 Å². The van der Waals surface area contributed by atoms with Crippen molar-refractivity contribution in [2.75, 3.05) is 6.61 Å². The number of rotatable bonds is 8. The van der Waals surface area contributed by atoms with Gasteiger partial charge in [0.2, 0.25) is 0 Å². The Morgan fingerprint density at radius 3 is 2.95 bits per heavy atom. The topological polar surface area (TPSA) is 21.3 Å². The summed E-state index contributed by atoms with van der Waals surface area (Å²) in [6.07, 6.45) is 3.42. The SMILES string of the molecule is Fc1ccc(CNC2CC2)cc1COCCc1cccs1. The van der Waals surface area contributed by atoms with E-state index in [9.17, 15) is 4.39 Å². The van der Waals surface area contributed by atoms with E-state index in [2.05, 4.69) is 16.8 Å². The second-order valence-electron chi connectivity index (χ2n) is 5.46. The Kier molecular flexibility index (Phi) is 5.01. The molecule has 0 aliphatic heterocycles. The lowest BCUT2D eigenvalue weighted by Crippen LogP contribution is -2.15. The zero-order chi connectivity index (χ0) is 14.5. The third-order valence-electron chi connectivity index (χ3n) is 3.61. The van der Waals surface area contributed by atoms with Gasteiger partial charge in [0.15, 0.2) is 0 Å². The molecule has 0 spiro atoms. The molecule has 1 fully saturated rings. The van der Waals surface area contributed by atoms with E-state index in [1.807, 2.05) is 18.2 Å². The highest BCUT2D eigenvalue weighted by Gasteiger charge is 2.20. The molecular weight excluding hydrogens is 285 g/mol. The summed E-state index contributed by atoms with van der Waals surface area (Å²) in [5.41, 5.74) is 1.77. The Labute approximate surface area is 129 Å². The van der Waals surface area contributed by atoms with Crippen molar-refractivity contribution >= 4 is 11.3 Å². The molecule has 1 aliphatic rings. The standard InChI is InChI=1S/C17H20FNOS/c18-17-6-3-13(11-19-15-4-5-15)10-14(17)12-20-8-7-16-2-1-9-21-16/h1-3,6,9-10,15,19H,4-5,7-8,11-12H2. The van der Waals surface area contributed by atoms with Gasteiger partial charge in [-0.1, -0.05) is 12.1 Å². The van der Waals surface area contributed by atoms with Gasteiger partial charge >= 0.3 is 0 Å². The number of thiophene rings is 1. The molecule has 0 radical (unpaired) electrons. The fourth-order valence-electron chi connectivity index (χ4n) is 2.21. The van der Waals surface area contributed by atoms with Crippen molar-refractivity contribution in [3.8, 4) is 0 Å². The van der Waals surface area contributed by atoms with Crippen LogP contribution in [0.25, 0.3) is 0 Å². The summed E-state index contributed by atoms with van der Waals surface area (Å²) in [6, 6.07) is 10.1. The maximum Gasteiger partial charge on any atom is 0.128 e. The van der Waals surface area contributed by atoms with Crippen molar-refractivity contribution in [2.45, 2.75) is 38.5 Å². The Bertz CT molecular complexity index is 566. The van der Waals surface area contributed by atoms with Gasteiger partial charge in [-0.15, -0.1) is 11.3 Å². The fourth-order valence-corrected chi connectivity index (χ4v) is 2.90. The first-order chi connectivity index (χ1) is 10.3. The smallest absolute Gasteiger partial charge is 0.128 e. The Balaban J connectivity index is 1.47. The van der Waals surface area contributed by atoms with Crippen LogP contribution < -0.4 is 5.32 Å². The van der Waals surface area contributed by atoms with Crippen molar-refractivity contribution in [3.05, 3.63) is 57.5 Å². The third kappa shape index (κ3) is 4.63. The molecule has 1 aromatic carbocycles. The maximum absolute atomic E-state index is 13.8. The minimum absolute atomic E-state index is 0.179. The molecule has 2 aromatic rings. The quantitative estimate of drug-likeness (QED) is 0.747. The molecule has 0 bridgehead atoms. The van der Waals surface area contributed by atoms with Gasteiger partial charge < -0.3 is 10.1 Å². The molecule has 1 aliphatic carbocycles. The van der Waals surface area contributed by atoms with Crippen molar-refractivity contribution in [1.82, 2.24) is 5.32 Å². The minimum atomic E-state index is -0.179. The number of nitrogens with one attached hydrogen (secondary N) is 1. The van der Waals surface area contributed by atoms with Gasteiger partial charge in [0.1, 0.15) is 5.82 Å². The number of halogens is 1. The maximum atomic E-state index is 13.8. The second kappa shape index (κ2) is 7.16. The molecule has 1 heterocycles. The van der Waals surface area contributed by atoms with Gasteiger partial charge in [0.25, 0.3) is 0 Å². The van der Waals surface area contributed by atoms with Gasteiger partial charge in [0.05, 0.1) is 13.2 Å². The molecule has 1 N–H and O–H groups in total. The second-order valence-corrected chi connectivity index (χ2v) is 6.50. The summed E-state index contributed by atoms with van der Waals surface area (Å²) in [5, 5.41) is 5.50. The van der Waals surface area contributed by atoms with Gasteiger partial charge in [0, 0.05) is 29.4 Å². The molecule has 0 saturated heterocycles. The third-order valence-corrected chi connectivity index (χ3v) is 4.55. The first-order valence-corrected chi connectivity index (χ1v) is 8.30. The molecule has 0 atom stereocenters. The van der Waals surface area contributed by atoms with Crippen LogP contribution in [0.1, 0.15) is 28.8 Å². The lowest BCUT2D eigenvalue weighted by molar-refractivity contribution is 0.122. The zero-order valence-electron chi connectivity index (χ0n) is 12.0. The normalized spacial score (nSPS) is 14.5. The van der Waals surface area contributed by atoms with E-state index in [0.29, 0.717) is 24.8 Å². The van der Waals surface area contributed by atoms with Crippen molar-refractivity contribution in [3.63, 3.8) is 0 Å². The van der Waals surface area contributed by atoms with Crippen molar-refractivity contribution < 1.29 is 9.13 Å². The van der Waals surface area contributed by atoms with Crippen LogP contribution in [-0.4, -0.2) is 12.6 Å². The lowest BCUT2D eigenvalue weighted by atomic mass is 10.1. The predicted octanol–water partition coefficient (Wildman–Crippen LogP) is 3.90. The largest absolute Gasteiger partial charge is 0.376 e. The summed E-state index contributed by atoms with van der Waals surface area (Å²) in [7, 11) is 0. The van der Waals surface area contributed by atoms with Crippen LogP contribution >= 0.6 is 11.3 Å². The molecule has 1 saturated carbocycles. The molecule has 21 heavy (non-hydrogen) atoms. The van der Waals surface area contributed by atoms with E-state index in [1.165, 1.54) is 17.7 Å². The number of hydrogen-bond acceptors (Lipinski definition) is 3. The average molecular weight is 305 g/mol. The van der Waals surface area contributed by atoms with Gasteiger partial charge in [-0.3, -0.25) is 0 Å². The molecule has 3 rings (SSSR count). The van der Waals surface area contributed by atoms with Crippen LogP contribution in [0.3, 0.4) is 0 Å². The number of hydrogen-bond donors (Lipinski definition) is 1. The van der Waals surface area contributed by atoms with E-state index in [4.69, 9.17) is 4.74 Å². The Morgan fingerprint density at radius 2 is 2.19 bits per heavy atom. The highest BCUT2D eigenvalue weighted by molar-refractivity contribution is 7.09. The van der Waals surface area contributed by atoms with Crippen LogP contribution in [0.5, 0.6) is 0 Å². The zero-order valence-corrected chi connectivity index (χ0v) is 12.8. The average Bonchev–Trinajstić information content (AvgIpc) is 3.18. The van der Waals surface area contributed by atoms with Gasteiger partial charge in [-0.25, -0.2) is 4.39 Å². The predicted molar refractivity (Wildman–Crippen MR) is 83.9 cm³/mol. The van der Waals surface area contributed by atoms with Gasteiger partial charge in [-0.05, 0) is 42.0 Å². The fraction of sp³-hybridized carbons (Fsp3) is 0.412. The number of ether oxygens (including phenoxy) is 1. The molecule has 0 amide bonds.